The molecule has 1 unspecified atom stereocenters. The van der Waals surface area contributed by atoms with Gasteiger partial charge in [-0.15, -0.1) is 0 Å². The van der Waals surface area contributed by atoms with Crippen LogP contribution in [-0.4, -0.2) is 30.6 Å². The van der Waals surface area contributed by atoms with E-state index in [0.717, 1.165) is 25.7 Å². The zero-order valence-corrected chi connectivity index (χ0v) is 13.4. The second-order valence-electron chi connectivity index (χ2n) is 6.18. The molecule has 1 aromatic carbocycles. The van der Waals surface area contributed by atoms with Crippen LogP contribution in [0.5, 0.6) is 0 Å². The first-order valence-electron chi connectivity index (χ1n) is 8.21. The number of benzene rings is 1. The summed E-state index contributed by atoms with van der Waals surface area (Å²) in [7, 11) is 0. The zero-order chi connectivity index (χ0) is 14.4. The summed E-state index contributed by atoms with van der Waals surface area (Å²) in [4.78, 5) is 2.70. The van der Waals surface area contributed by atoms with Gasteiger partial charge in [-0.25, -0.2) is 0 Å². The van der Waals surface area contributed by atoms with Gasteiger partial charge in [0.05, 0.1) is 0 Å². The van der Waals surface area contributed by atoms with Crippen LogP contribution in [0.1, 0.15) is 49.3 Å². The molecule has 1 N–H and O–H groups in total. The van der Waals surface area contributed by atoms with Crippen LogP contribution in [0.15, 0.2) is 18.2 Å². The molecular formula is C18H30N2. The van der Waals surface area contributed by atoms with Gasteiger partial charge in [-0.05, 0) is 69.4 Å². The number of likely N-dealkylation sites (tertiary alicyclic amines) is 1. The highest BCUT2D eigenvalue weighted by Gasteiger charge is 2.21. The normalized spacial score (nSPS) is 20.2. The van der Waals surface area contributed by atoms with Crippen LogP contribution in [0.3, 0.4) is 0 Å². The fraction of sp³-hybridized carbons (Fsp3) is 0.667. The predicted octanol–water partition coefficient (Wildman–Crippen LogP) is 3.66. The second kappa shape index (κ2) is 7.80. The van der Waals surface area contributed by atoms with Crippen LogP contribution in [0.4, 0.5) is 0 Å². The summed E-state index contributed by atoms with van der Waals surface area (Å²) < 4.78 is 0. The Balaban J connectivity index is 1.95. The Hall–Kier alpha value is -0.860. The predicted molar refractivity (Wildman–Crippen MR) is 87.1 cm³/mol. The first-order valence-corrected chi connectivity index (χ1v) is 8.21. The minimum atomic E-state index is 0.768. The van der Waals surface area contributed by atoms with Gasteiger partial charge in [-0.3, -0.25) is 4.90 Å². The van der Waals surface area contributed by atoms with E-state index in [0.29, 0.717) is 0 Å². The molecule has 1 aromatic rings. The maximum Gasteiger partial charge on any atom is 0.0236 e. The van der Waals surface area contributed by atoms with Gasteiger partial charge in [0.25, 0.3) is 0 Å². The third-order valence-electron chi connectivity index (χ3n) is 4.61. The number of hydrogen-bond acceptors (Lipinski definition) is 2. The molecule has 112 valence electrons. The Morgan fingerprint density at radius 3 is 2.80 bits per heavy atom. The number of rotatable bonds is 6. The standard InChI is InChI=1S/C18H30N2/c1-4-19-11-10-18-7-5-6-12-20(18)14-17-9-8-15(2)16(3)13-17/h8-9,13,18-19H,4-7,10-12,14H2,1-3H3. The number of nitrogens with one attached hydrogen (secondary N) is 1. The topological polar surface area (TPSA) is 15.3 Å². The molecule has 0 aromatic heterocycles. The number of aryl methyl sites for hydroxylation is 2. The third kappa shape index (κ3) is 4.32. The lowest BCUT2D eigenvalue weighted by atomic mass is 9.97. The maximum atomic E-state index is 3.47. The van der Waals surface area contributed by atoms with Crippen molar-refractivity contribution in [2.45, 2.75) is 59.0 Å². The van der Waals surface area contributed by atoms with Gasteiger partial charge in [-0.1, -0.05) is 31.5 Å². The fourth-order valence-electron chi connectivity index (χ4n) is 3.18. The number of nitrogens with zero attached hydrogens (tertiary/aromatic N) is 1. The van der Waals surface area contributed by atoms with E-state index < -0.39 is 0 Å². The van der Waals surface area contributed by atoms with Crippen LogP contribution >= 0.6 is 0 Å². The third-order valence-corrected chi connectivity index (χ3v) is 4.61. The van der Waals surface area contributed by atoms with Crippen molar-refractivity contribution < 1.29 is 0 Å². The van der Waals surface area contributed by atoms with Gasteiger partial charge < -0.3 is 5.32 Å². The van der Waals surface area contributed by atoms with Crippen molar-refractivity contribution in [1.29, 1.82) is 0 Å². The van der Waals surface area contributed by atoms with E-state index in [1.165, 1.54) is 48.9 Å². The molecule has 1 heterocycles. The van der Waals surface area contributed by atoms with Crippen molar-refractivity contribution in [2.75, 3.05) is 19.6 Å². The molecule has 0 aliphatic carbocycles. The van der Waals surface area contributed by atoms with Gasteiger partial charge >= 0.3 is 0 Å². The molecule has 2 heteroatoms. The summed E-state index contributed by atoms with van der Waals surface area (Å²) in [6.07, 6.45) is 5.43. The van der Waals surface area contributed by atoms with E-state index in [1.807, 2.05) is 0 Å². The number of piperidine rings is 1. The molecule has 1 fully saturated rings. The Morgan fingerprint density at radius 2 is 2.05 bits per heavy atom. The Bertz CT molecular complexity index is 414. The first-order chi connectivity index (χ1) is 9.70. The van der Waals surface area contributed by atoms with Crippen molar-refractivity contribution >= 4 is 0 Å². The lowest BCUT2D eigenvalue weighted by molar-refractivity contribution is 0.132. The van der Waals surface area contributed by atoms with E-state index in [-0.39, 0.29) is 0 Å². The van der Waals surface area contributed by atoms with Crippen LogP contribution in [0, 0.1) is 13.8 Å². The summed E-state index contributed by atoms with van der Waals surface area (Å²) in [5, 5.41) is 3.47. The van der Waals surface area contributed by atoms with Gasteiger partial charge in [0.15, 0.2) is 0 Å². The highest BCUT2D eigenvalue weighted by atomic mass is 15.2. The average molecular weight is 274 g/mol. The van der Waals surface area contributed by atoms with Crippen molar-refractivity contribution in [2.24, 2.45) is 0 Å². The minimum absolute atomic E-state index is 0.768. The lowest BCUT2D eigenvalue weighted by Crippen LogP contribution is -2.40. The minimum Gasteiger partial charge on any atom is -0.317 e. The molecular weight excluding hydrogens is 244 g/mol. The fourth-order valence-corrected chi connectivity index (χ4v) is 3.18. The van der Waals surface area contributed by atoms with E-state index >= 15 is 0 Å². The molecule has 2 nitrogen and oxygen atoms in total. The van der Waals surface area contributed by atoms with Crippen LogP contribution in [-0.2, 0) is 6.54 Å². The van der Waals surface area contributed by atoms with Crippen molar-refractivity contribution in [3.8, 4) is 0 Å². The van der Waals surface area contributed by atoms with Crippen LogP contribution in [0.2, 0.25) is 0 Å². The second-order valence-corrected chi connectivity index (χ2v) is 6.18. The van der Waals surface area contributed by atoms with Gasteiger partial charge in [0, 0.05) is 12.6 Å². The molecule has 1 aliphatic heterocycles. The zero-order valence-electron chi connectivity index (χ0n) is 13.4. The Morgan fingerprint density at radius 1 is 1.20 bits per heavy atom. The van der Waals surface area contributed by atoms with E-state index in [4.69, 9.17) is 0 Å². The maximum absolute atomic E-state index is 3.47. The molecule has 0 saturated carbocycles. The lowest BCUT2D eigenvalue weighted by Gasteiger charge is -2.36. The summed E-state index contributed by atoms with van der Waals surface area (Å²) in [5.41, 5.74) is 4.29. The first kappa shape index (κ1) is 15.5. The molecule has 1 aliphatic rings. The molecule has 2 rings (SSSR count). The number of hydrogen-bond donors (Lipinski definition) is 1. The highest BCUT2D eigenvalue weighted by molar-refractivity contribution is 5.29. The van der Waals surface area contributed by atoms with E-state index in [2.05, 4.69) is 49.2 Å². The quantitative estimate of drug-likeness (QED) is 0.796. The van der Waals surface area contributed by atoms with Crippen molar-refractivity contribution in [3.63, 3.8) is 0 Å². The smallest absolute Gasteiger partial charge is 0.0236 e. The Kier molecular flexibility index (Phi) is 6.06. The molecule has 0 spiro atoms. The molecule has 1 atom stereocenters. The van der Waals surface area contributed by atoms with Gasteiger partial charge in [0.1, 0.15) is 0 Å². The summed E-state index contributed by atoms with van der Waals surface area (Å²) >= 11 is 0. The summed E-state index contributed by atoms with van der Waals surface area (Å²) in [6, 6.07) is 7.70. The molecule has 0 bridgehead atoms. The van der Waals surface area contributed by atoms with Crippen LogP contribution in [0.25, 0.3) is 0 Å². The Labute approximate surface area is 124 Å². The molecule has 20 heavy (non-hydrogen) atoms. The largest absolute Gasteiger partial charge is 0.317 e. The SMILES string of the molecule is CCNCCC1CCCCN1Cc1ccc(C)c(C)c1. The van der Waals surface area contributed by atoms with Crippen molar-refractivity contribution in [3.05, 3.63) is 34.9 Å². The van der Waals surface area contributed by atoms with E-state index in [1.54, 1.807) is 0 Å². The molecule has 0 radical (unpaired) electrons. The van der Waals surface area contributed by atoms with E-state index in [9.17, 15) is 0 Å². The summed E-state index contributed by atoms with van der Waals surface area (Å²) in [5.74, 6) is 0. The summed E-state index contributed by atoms with van der Waals surface area (Å²) in [6.45, 7) is 11.2. The van der Waals surface area contributed by atoms with Gasteiger partial charge in [0.2, 0.25) is 0 Å². The highest BCUT2D eigenvalue weighted by Crippen LogP contribution is 2.22. The van der Waals surface area contributed by atoms with Gasteiger partial charge in [-0.2, -0.15) is 0 Å². The monoisotopic (exact) mass is 274 g/mol. The molecule has 0 amide bonds. The average Bonchev–Trinajstić information content (AvgIpc) is 2.45. The van der Waals surface area contributed by atoms with Crippen LogP contribution < -0.4 is 5.32 Å². The molecule has 1 saturated heterocycles. The van der Waals surface area contributed by atoms with Crippen molar-refractivity contribution in [1.82, 2.24) is 10.2 Å².